The van der Waals surface area contributed by atoms with Crippen LogP contribution in [0.4, 0.5) is 5.13 Å². The van der Waals surface area contributed by atoms with E-state index in [1.807, 2.05) is 40.7 Å². The highest BCUT2D eigenvalue weighted by atomic mass is 32.1. The highest BCUT2D eigenvalue weighted by Gasteiger charge is 2.32. The maximum absolute atomic E-state index is 10.4. The third-order valence-electron chi connectivity index (χ3n) is 5.39. The molecule has 5 rings (SSSR count). The summed E-state index contributed by atoms with van der Waals surface area (Å²) in [6.45, 7) is 0. The van der Waals surface area contributed by atoms with Crippen molar-refractivity contribution in [2.75, 3.05) is 19.2 Å². The molecule has 1 aliphatic rings. The minimum absolute atomic E-state index is 0.0291. The highest BCUT2D eigenvalue weighted by molar-refractivity contribution is 7.14. The van der Waals surface area contributed by atoms with E-state index in [4.69, 9.17) is 19.6 Å². The number of thiophene rings is 1. The number of anilines is 1. The monoisotopic (exact) mass is 463 g/mol. The Kier molecular flexibility index (Phi) is 5.55. The molecule has 0 aliphatic carbocycles. The molecular weight excluding hydrogens is 442 g/mol. The van der Waals surface area contributed by atoms with E-state index in [1.165, 1.54) is 11.3 Å². The van der Waals surface area contributed by atoms with Gasteiger partial charge in [-0.2, -0.15) is 5.10 Å². The van der Waals surface area contributed by atoms with Gasteiger partial charge in [-0.05, 0) is 41.3 Å². The Morgan fingerprint density at radius 1 is 1.00 bits per heavy atom. The van der Waals surface area contributed by atoms with E-state index in [0.717, 1.165) is 33.5 Å². The summed E-state index contributed by atoms with van der Waals surface area (Å²) in [5.41, 5.74) is 3.56. The van der Waals surface area contributed by atoms with Crippen molar-refractivity contribution >= 4 is 33.5 Å². The Morgan fingerprint density at radius 2 is 1.78 bits per heavy atom. The molecule has 0 saturated carbocycles. The first-order chi connectivity index (χ1) is 15.7. The number of aromatic nitrogens is 1. The van der Waals surface area contributed by atoms with Crippen molar-refractivity contribution in [2.24, 2.45) is 5.10 Å². The molecule has 1 atom stereocenters. The molecule has 2 aromatic heterocycles. The van der Waals surface area contributed by atoms with Crippen LogP contribution in [0.25, 0.3) is 11.3 Å². The van der Waals surface area contributed by atoms with Gasteiger partial charge in [-0.15, -0.1) is 22.7 Å². The standard InChI is InChI=1S/C24H21N3O3S2/c1-29-16-7-5-15(6-8-16)21-13-19(23-4-3-11-31-23)26-27(21)24-25-20(14-32-24)18-10-9-17(30-2)12-22(18)28/h3-12,14,21,28H,13H2,1-2H3. The summed E-state index contributed by atoms with van der Waals surface area (Å²) in [6.07, 6.45) is 0.787. The lowest BCUT2D eigenvalue weighted by Gasteiger charge is -2.21. The Bertz CT molecular complexity index is 1250. The zero-order chi connectivity index (χ0) is 22.1. The van der Waals surface area contributed by atoms with Gasteiger partial charge in [0.15, 0.2) is 0 Å². The average molecular weight is 464 g/mol. The fourth-order valence-electron chi connectivity index (χ4n) is 3.71. The van der Waals surface area contributed by atoms with Crippen molar-refractivity contribution in [3.05, 3.63) is 75.8 Å². The molecule has 1 aliphatic heterocycles. The molecule has 3 heterocycles. The lowest BCUT2D eigenvalue weighted by molar-refractivity contribution is 0.408. The summed E-state index contributed by atoms with van der Waals surface area (Å²) in [5.74, 6) is 1.56. The van der Waals surface area contributed by atoms with E-state index in [9.17, 15) is 5.11 Å². The molecule has 32 heavy (non-hydrogen) atoms. The summed E-state index contributed by atoms with van der Waals surface area (Å²) in [5, 5.41) is 22.2. The fourth-order valence-corrected chi connectivity index (χ4v) is 5.26. The number of aromatic hydroxyl groups is 1. The predicted molar refractivity (Wildman–Crippen MR) is 129 cm³/mol. The van der Waals surface area contributed by atoms with Crippen LogP contribution >= 0.6 is 22.7 Å². The molecule has 2 aromatic carbocycles. The normalized spacial score (nSPS) is 15.6. The van der Waals surface area contributed by atoms with Gasteiger partial charge in [0, 0.05) is 23.4 Å². The first-order valence-electron chi connectivity index (χ1n) is 10.0. The van der Waals surface area contributed by atoms with Crippen LogP contribution in [0.15, 0.2) is 70.5 Å². The number of ether oxygens (including phenoxy) is 2. The van der Waals surface area contributed by atoms with E-state index >= 15 is 0 Å². The molecule has 1 N–H and O–H groups in total. The van der Waals surface area contributed by atoms with E-state index in [0.29, 0.717) is 17.0 Å². The number of phenols is 1. The predicted octanol–water partition coefficient (Wildman–Crippen LogP) is 5.95. The van der Waals surface area contributed by atoms with Crippen molar-refractivity contribution in [3.8, 4) is 28.5 Å². The SMILES string of the molecule is COc1ccc(C2CC(c3cccs3)=NN2c2nc(-c3ccc(OC)cc3O)cs2)cc1. The molecular formula is C24H21N3O3S2. The van der Waals surface area contributed by atoms with Gasteiger partial charge in [0.2, 0.25) is 5.13 Å². The van der Waals surface area contributed by atoms with Crippen molar-refractivity contribution < 1.29 is 14.6 Å². The largest absolute Gasteiger partial charge is 0.507 e. The second-order valence-electron chi connectivity index (χ2n) is 7.26. The number of hydrogen-bond donors (Lipinski definition) is 1. The van der Waals surface area contributed by atoms with Gasteiger partial charge in [0.1, 0.15) is 17.2 Å². The van der Waals surface area contributed by atoms with Gasteiger partial charge < -0.3 is 14.6 Å². The number of rotatable bonds is 6. The maximum atomic E-state index is 10.4. The second-order valence-corrected chi connectivity index (χ2v) is 9.04. The third kappa shape index (κ3) is 3.83. The van der Waals surface area contributed by atoms with E-state index < -0.39 is 0 Å². The summed E-state index contributed by atoms with van der Waals surface area (Å²) in [6, 6.07) is 17.5. The van der Waals surface area contributed by atoms with Crippen LogP contribution in [-0.4, -0.2) is 30.0 Å². The van der Waals surface area contributed by atoms with Crippen LogP contribution in [-0.2, 0) is 0 Å². The van der Waals surface area contributed by atoms with Crippen molar-refractivity contribution in [1.82, 2.24) is 4.98 Å². The highest BCUT2D eigenvalue weighted by Crippen LogP contribution is 2.41. The molecule has 4 aromatic rings. The smallest absolute Gasteiger partial charge is 0.207 e. The van der Waals surface area contributed by atoms with Crippen molar-refractivity contribution in [3.63, 3.8) is 0 Å². The molecule has 162 valence electrons. The summed E-state index contributed by atoms with van der Waals surface area (Å²) < 4.78 is 10.5. The van der Waals surface area contributed by atoms with E-state index in [1.54, 1.807) is 31.6 Å². The molecule has 6 nitrogen and oxygen atoms in total. The van der Waals surface area contributed by atoms with Crippen LogP contribution < -0.4 is 14.5 Å². The summed E-state index contributed by atoms with van der Waals surface area (Å²) >= 11 is 3.20. The first-order valence-corrected chi connectivity index (χ1v) is 11.8. The van der Waals surface area contributed by atoms with Crippen LogP contribution in [0.3, 0.4) is 0 Å². The number of nitrogens with zero attached hydrogens (tertiary/aromatic N) is 3. The lowest BCUT2D eigenvalue weighted by atomic mass is 10.0. The Morgan fingerprint density at radius 3 is 2.47 bits per heavy atom. The van der Waals surface area contributed by atoms with Crippen molar-refractivity contribution in [2.45, 2.75) is 12.5 Å². The van der Waals surface area contributed by atoms with Crippen LogP contribution in [0.1, 0.15) is 22.9 Å². The number of hydrogen-bond acceptors (Lipinski definition) is 8. The summed E-state index contributed by atoms with van der Waals surface area (Å²) in [7, 11) is 3.24. The Labute approximate surface area is 194 Å². The maximum Gasteiger partial charge on any atom is 0.207 e. The Balaban J connectivity index is 1.51. The molecule has 0 radical (unpaired) electrons. The Hall–Kier alpha value is -3.36. The summed E-state index contributed by atoms with van der Waals surface area (Å²) in [4.78, 5) is 5.98. The van der Waals surface area contributed by atoms with Crippen LogP contribution in [0, 0.1) is 0 Å². The number of thiazole rings is 1. The van der Waals surface area contributed by atoms with Gasteiger partial charge in [0.25, 0.3) is 0 Å². The van der Waals surface area contributed by atoms with Crippen molar-refractivity contribution in [1.29, 1.82) is 0 Å². The molecule has 1 unspecified atom stereocenters. The lowest BCUT2D eigenvalue weighted by Crippen LogP contribution is -2.18. The number of hydrazone groups is 1. The average Bonchev–Trinajstić information content (AvgIpc) is 3.59. The second kappa shape index (κ2) is 8.64. The van der Waals surface area contributed by atoms with Gasteiger partial charge in [-0.25, -0.2) is 9.99 Å². The van der Waals surface area contributed by atoms with Gasteiger partial charge >= 0.3 is 0 Å². The molecule has 0 bridgehead atoms. The van der Waals surface area contributed by atoms with Gasteiger partial charge in [-0.1, -0.05) is 18.2 Å². The topological polar surface area (TPSA) is 67.2 Å². The zero-order valence-corrected chi connectivity index (χ0v) is 19.2. The van der Waals surface area contributed by atoms with Crippen LogP contribution in [0.2, 0.25) is 0 Å². The minimum atomic E-state index is 0.0291. The van der Waals surface area contributed by atoms with Gasteiger partial charge in [0.05, 0.1) is 36.5 Å². The van der Waals surface area contributed by atoms with E-state index in [-0.39, 0.29) is 11.8 Å². The molecule has 8 heteroatoms. The zero-order valence-electron chi connectivity index (χ0n) is 17.6. The minimum Gasteiger partial charge on any atom is -0.507 e. The van der Waals surface area contributed by atoms with E-state index in [2.05, 4.69) is 23.6 Å². The van der Waals surface area contributed by atoms with Crippen LogP contribution in [0.5, 0.6) is 17.2 Å². The first kappa shape index (κ1) is 20.5. The molecule has 0 saturated heterocycles. The number of methoxy groups -OCH3 is 2. The fraction of sp³-hybridized carbons (Fsp3) is 0.167. The van der Waals surface area contributed by atoms with Gasteiger partial charge in [-0.3, -0.25) is 0 Å². The number of benzene rings is 2. The molecule has 0 spiro atoms. The molecule has 0 amide bonds. The molecule has 0 fully saturated rings. The quantitative estimate of drug-likeness (QED) is 0.383. The number of phenolic OH excluding ortho intramolecular Hbond substituents is 1. The third-order valence-corrected chi connectivity index (χ3v) is 7.13.